The molecule has 3 aromatic carbocycles. The Morgan fingerprint density at radius 2 is 1.51 bits per heavy atom. The van der Waals surface area contributed by atoms with Crippen molar-refractivity contribution in [3.05, 3.63) is 77.4 Å². The fourth-order valence-corrected chi connectivity index (χ4v) is 5.10. The van der Waals surface area contributed by atoms with E-state index in [1.54, 1.807) is 54.6 Å². The molecule has 0 aliphatic rings. The Hall–Kier alpha value is -3.76. The second kappa shape index (κ2) is 13.0. The molecule has 0 bridgehead atoms. The van der Waals surface area contributed by atoms with Gasteiger partial charge in [0.05, 0.1) is 51.5 Å². The zero-order chi connectivity index (χ0) is 26.9. The largest absolute Gasteiger partial charge is 0.496 e. The number of aliphatic carboxylic acids is 1. The third-order valence-corrected chi connectivity index (χ3v) is 7.04. The number of carbonyl (C=O) groups is 1. The molecule has 37 heavy (non-hydrogen) atoms. The number of hydrogen-bond donors (Lipinski definition) is 3. The number of aliphatic hydroxyl groups excluding tert-OH is 1. The van der Waals surface area contributed by atoms with Crippen molar-refractivity contribution in [2.45, 2.75) is 17.9 Å². The molecular formula is C27H31NO8S. The van der Waals surface area contributed by atoms with Crippen LogP contribution in [0.2, 0.25) is 0 Å². The fourth-order valence-electron chi connectivity index (χ4n) is 3.91. The molecule has 0 aliphatic carbocycles. The van der Waals surface area contributed by atoms with Crippen LogP contribution in [-0.2, 0) is 21.3 Å². The summed E-state index contributed by atoms with van der Waals surface area (Å²) in [6.45, 7) is 0. The molecule has 9 nitrogen and oxygen atoms in total. The molecule has 0 saturated carbocycles. The summed E-state index contributed by atoms with van der Waals surface area (Å²) in [7, 11) is 4.45. The summed E-state index contributed by atoms with van der Waals surface area (Å²) in [6.07, 6.45) is -1.12. The lowest BCUT2D eigenvalue weighted by molar-refractivity contribution is -0.138. The number of carboxylic acids is 1. The van der Waals surface area contributed by atoms with Crippen LogP contribution in [0.1, 0.15) is 28.8 Å². The standard InChI is InChI=1S/C27H31NO8S/c1-33-19-13-23(35-3)25(24(14-19)36-4)21(29)16-37(32)15-17-10-11-22(34-2)20(12-17)28-26(27(30)31)18-8-6-5-7-9-18/h5-14,21,26,28-29H,15-16H2,1-4H3,(H,30,31). The number of nitrogens with one attached hydrogen (secondary N) is 1. The summed E-state index contributed by atoms with van der Waals surface area (Å²) >= 11 is 0. The van der Waals surface area contributed by atoms with E-state index >= 15 is 0 Å². The summed E-state index contributed by atoms with van der Waals surface area (Å²) < 4.78 is 34.5. The lowest BCUT2D eigenvalue weighted by Gasteiger charge is -2.20. The van der Waals surface area contributed by atoms with Crippen LogP contribution in [-0.4, -0.2) is 54.6 Å². The Morgan fingerprint density at radius 1 is 0.892 bits per heavy atom. The molecule has 0 aromatic heterocycles. The van der Waals surface area contributed by atoms with Crippen molar-refractivity contribution < 1.29 is 38.2 Å². The maximum Gasteiger partial charge on any atom is 0.330 e. The average Bonchev–Trinajstić information content (AvgIpc) is 2.91. The van der Waals surface area contributed by atoms with E-state index in [2.05, 4.69) is 5.32 Å². The number of carboxylic acid groups (broad SMARTS) is 1. The van der Waals surface area contributed by atoms with Crippen LogP contribution in [0.5, 0.6) is 23.0 Å². The predicted molar refractivity (Wildman–Crippen MR) is 141 cm³/mol. The SMILES string of the molecule is COc1cc(OC)c(C(O)CS(=O)Cc2ccc(OC)c(NC(C(=O)O)c3ccccc3)c2)c(OC)c1. The summed E-state index contributed by atoms with van der Waals surface area (Å²) in [5, 5.41) is 23.7. The monoisotopic (exact) mass is 529 g/mol. The molecule has 3 rings (SSSR count). The van der Waals surface area contributed by atoms with E-state index in [1.165, 1.54) is 28.4 Å². The molecule has 3 atom stereocenters. The van der Waals surface area contributed by atoms with Gasteiger partial charge >= 0.3 is 5.97 Å². The molecule has 3 N–H and O–H groups in total. The number of ether oxygens (including phenoxy) is 4. The molecular weight excluding hydrogens is 498 g/mol. The van der Waals surface area contributed by atoms with Gasteiger partial charge in [0.1, 0.15) is 23.0 Å². The van der Waals surface area contributed by atoms with E-state index in [-0.39, 0.29) is 11.5 Å². The molecule has 10 heteroatoms. The third-order valence-electron chi connectivity index (χ3n) is 5.70. The number of anilines is 1. The maximum atomic E-state index is 13.0. The molecule has 198 valence electrons. The smallest absolute Gasteiger partial charge is 0.330 e. The Bertz CT molecular complexity index is 1210. The molecule has 0 spiro atoms. The number of benzene rings is 3. The second-order valence-corrected chi connectivity index (χ2v) is 9.57. The molecule has 0 radical (unpaired) electrons. The van der Waals surface area contributed by atoms with Crippen molar-refractivity contribution in [3.63, 3.8) is 0 Å². The van der Waals surface area contributed by atoms with Gasteiger partial charge in [-0.15, -0.1) is 0 Å². The topological polar surface area (TPSA) is 124 Å². The highest BCUT2D eigenvalue weighted by atomic mass is 32.2. The minimum Gasteiger partial charge on any atom is -0.496 e. The van der Waals surface area contributed by atoms with Crippen LogP contribution >= 0.6 is 0 Å². The molecule has 0 fully saturated rings. The van der Waals surface area contributed by atoms with E-state index in [9.17, 15) is 19.2 Å². The van der Waals surface area contributed by atoms with Crippen LogP contribution in [0.25, 0.3) is 0 Å². The minimum absolute atomic E-state index is 0.0738. The van der Waals surface area contributed by atoms with Gasteiger partial charge in [-0.25, -0.2) is 4.79 Å². The Kier molecular flexibility index (Phi) is 9.76. The van der Waals surface area contributed by atoms with Crippen LogP contribution in [0.3, 0.4) is 0 Å². The Labute approximate surface area is 218 Å². The van der Waals surface area contributed by atoms with Crippen molar-refractivity contribution in [1.82, 2.24) is 0 Å². The quantitative estimate of drug-likeness (QED) is 0.302. The van der Waals surface area contributed by atoms with Crippen molar-refractivity contribution in [3.8, 4) is 23.0 Å². The van der Waals surface area contributed by atoms with E-state index < -0.39 is 28.9 Å². The van der Waals surface area contributed by atoms with Crippen molar-refractivity contribution in [1.29, 1.82) is 0 Å². The second-order valence-electron chi connectivity index (χ2n) is 8.07. The van der Waals surface area contributed by atoms with Gasteiger partial charge in [-0.2, -0.15) is 0 Å². The predicted octanol–water partition coefficient (Wildman–Crippen LogP) is 3.94. The number of hydrogen-bond acceptors (Lipinski definition) is 8. The number of rotatable bonds is 13. The minimum atomic E-state index is -1.48. The van der Waals surface area contributed by atoms with E-state index in [0.717, 1.165) is 0 Å². The highest BCUT2D eigenvalue weighted by molar-refractivity contribution is 7.84. The molecule has 0 aliphatic heterocycles. The molecule has 0 amide bonds. The van der Waals surface area contributed by atoms with Crippen molar-refractivity contribution in [2.24, 2.45) is 0 Å². The van der Waals surface area contributed by atoms with E-state index in [0.29, 0.717) is 45.4 Å². The molecule has 0 heterocycles. The summed E-state index contributed by atoms with van der Waals surface area (Å²) in [5.41, 5.74) is 2.09. The van der Waals surface area contributed by atoms with Gasteiger partial charge in [0.25, 0.3) is 0 Å². The zero-order valence-corrected chi connectivity index (χ0v) is 21.9. The van der Waals surface area contributed by atoms with Gasteiger partial charge < -0.3 is 34.5 Å². The van der Waals surface area contributed by atoms with Gasteiger partial charge in [-0.1, -0.05) is 36.4 Å². The normalized spacial score (nSPS) is 13.2. The summed E-state index contributed by atoms with van der Waals surface area (Å²) in [4.78, 5) is 12.0. The maximum absolute atomic E-state index is 13.0. The zero-order valence-electron chi connectivity index (χ0n) is 21.1. The van der Waals surface area contributed by atoms with Crippen LogP contribution in [0.4, 0.5) is 5.69 Å². The molecule has 3 aromatic rings. The first-order valence-electron chi connectivity index (χ1n) is 11.3. The van der Waals surface area contributed by atoms with Crippen molar-refractivity contribution >= 4 is 22.5 Å². The van der Waals surface area contributed by atoms with Crippen molar-refractivity contribution in [2.75, 3.05) is 39.5 Å². The first-order chi connectivity index (χ1) is 17.8. The van der Waals surface area contributed by atoms with Gasteiger partial charge in [-0.3, -0.25) is 4.21 Å². The third kappa shape index (κ3) is 6.93. The summed E-state index contributed by atoms with van der Waals surface area (Å²) in [5.74, 6) is 0.667. The van der Waals surface area contributed by atoms with E-state index in [4.69, 9.17) is 18.9 Å². The Balaban J connectivity index is 1.80. The van der Waals surface area contributed by atoms with Crippen LogP contribution in [0.15, 0.2) is 60.7 Å². The molecule has 3 unspecified atom stereocenters. The van der Waals surface area contributed by atoms with Crippen LogP contribution < -0.4 is 24.3 Å². The van der Waals surface area contributed by atoms with Gasteiger partial charge in [-0.05, 0) is 23.3 Å². The lowest BCUT2D eigenvalue weighted by Crippen LogP contribution is -2.21. The number of methoxy groups -OCH3 is 4. The lowest BCUT2D eigenvalue weighted by atomic mass is 10.1. The van der Waals surface area contributed by atoms with Gasteiger partial charge in [0.15, 0.2) is 6.04 Å². The van der Waals surface area contributed by atoms with Crippen LogP contribution in [0, 0.1) is 0 Å². The number of aliphatic hydroxyl groups is 1. The first-order valence-corrected chi connectivity index (χ1v) is 12.8. The average molecular weight is 530 g/mol. The molecule has 0 saturated heterocycles. The highest BCUT2D eigenvalue weighted by Gasteiger charge is 2.24. The highest BCUT2D eigenvalue weighted by Crippen LogP contribution is 2.39. The van der Waals surface area contributed by atoms with Gasteiger partial charge in [0, 0.05) is 28.7 Å². The fraction of sp³-hybridized carbons (Fsp3) is 0.296. The first kappa shape index (κ1) is 27.8. The van der Waals surface area contributed by atoms with Gasteiger partial charge in [0.2, 0.25) is 0 Å². The Morgan fingerprint density at radius 3 is 2.05 bits per heavy atom. The summed E-state index contributed by atoms with van der Waals surface area (Å²) in [6, 6.07) is 16.2. The van der Waals surface area contributed by atoms with E-state index in [1.807, 2.05) is 6.07 Å².